The molecule has 0 radical (unpaired) electrons. The highest BCUT2D eigenvalue weighted by atomic mass is 32.2. The third-order valence-corrected chi connectivity index (χ3v) is 5.67. The summed E-state index contributed by atoms with van der Waals surface area (Å²) in [6.07, 6.45) is 0. The summed E-state index contributed by atoms with van der Waals surface area (Å²) in [5, 5.41) is 0. The van der Waals surface area contributed by atoms with Crippen LogP contribution in [-0.2, 0) is 14.8 Å². The first-order chi connectivity index (χ1) is 12.5. The highest BCUT2D eigenvalue weighted by Gasteiger charge is 2.17. The number of ether oxygens (including phenoxy) is 2. The van der Waals surface area contributed by atoms with Crippen LogP contribution in [0.3, 0.4) is 0 Å². The molecule has 0 spiro atoms. The van der Waals surface area contributed by atoms with Gasteiger partial charge in [0.2, 0.25) is 0 Å². The Morgan fingerprint density at radius 1 is 1.12 bits per heavy atom. The van der Waals surface area contributed by atoms with Gasteiger partial charge >= 0.3 is 0 Å². The number of rotatable bonds is 6. The quantitative estimate of drug-likeness (QED) is 0.839. The smallest absolute Gasteiger partial charge is 0.261 e. The zero-order valence-corrected chi connectivity index (χ0v) is 15.9. The van der Waals surface area contributed by atoms with E-state index in [1.807, 2.05) is 32.0 Å². The molecule has 2 aromatic carbocycles. The van der Waals surface area contributed by atoms with E-state index in [4.69, 9.17) is 9.47 Å². The van der Waals surface area contributed by atoms with Gasteiger partial charge in [0.25, 0.3) is 10.0 Å². The topological polar surface area (TPSA) is 67.9 Å². The minimum atomic E-state index is -3.66. The van der Waals surface area contributed by atoms with Crippen LogP contribution in [0.5, 0.6) is 5.75 Å². The lowest BCUT2D eigenvalue weighted by molar-refractivity contribution is 0.122. The Morgan fingerprint density at radius 2 is 1.81 bits per heavy atom. The van der Waals surface area contributed by atoms with Crippen LogP contribution < -0.4 is 14.4 Å². The van der Waals surface area contributed by atoms with E-state index in [-0.39, 0.29) is 4.90 Å². The maximum atomic E-state index is 12.7. The van der Waals surface area contributed by atoms with Crippen LogP contribution in [0.4, 0.5) is 11.4 Å². The van der Waals surface area contributed by atoms with Gasteiger partial charge in [-0.25, -0.2) is 8.42 Å². The fourth-order valence-corrected chi connectivity index (χ4v) is 3.95. The minimum Gasteiger partial charge on any atom is -0.494 e. The summed E-state index contributed by atoms with van der Waals surface area (Å²) in [5.41, 5.74) is 2.45. The van der Waals surface area contributed by atoms with Crippen molar-refractivity contribution in [2.45, 2.75) is 18.7 Å². The number of hydrogen-bond donors (Lipinski definition) is 1. The lowest BCUT2D eigenvalue weighted by Gasteiger charge is -2.29. The molecule has 7 heteroatoms. The van der Waals surface area contributed by atoms with Crippen LogP contribution in [0.25, 0.3) is 0 Å². The van der Waals surface area contributed by atoms with Gasteiger partial charge in [-0.15, -0.1) is 0 Å². The van der Waals surface area contributed by atoms with E-state index in [9.17, 15) is 8.42 Å². The van der Waals surface area contributed by atoms with Gasteiger partial charge in [0.15, 0.2) is 0 Å². The molecule has 0 atom stereocenters. The van der Waals surface area contributed by atoms with Crippen molar-refractivity contribution in [2.75, 3.05) is 42.5 Å². The molecule has 0 saturated carbocycles. The van der Waals surface area contributed by atoms with Crippen molar-refractivity contribution in [1.82, 2.24) is 0 Å². The Labute approximate surface area is 154 Å². The zero-order chi connectivity index (χ0) is 18.6. The molecule has 0 aliphatic carbocycles. The van der Waals surface area contributed by atoms with Crippen LogP contribution in [0.2, 0.25) is 0 Å². The summed E-state index contributed by atoms with van der Waals surface area (Å²) in [4.78, 5) is 2.40. The van der Waals surface area contributed by atoms with Gasteiger partial charge in [-0.1, -0.05) is 6.07 Å². The number of aryl methyl sites for hydroxylation is 1. The number of hydrogen-bond acceptors (Lipinski definition) is 5. The second-order valence-electron chi connectivity index (χ2n) is 6.11. The number of nitrogens with one attached hydrogen (secondary N) is 1. The number of morpholine rings is 1. The molecule has 1 N–H and O–H groups in total. The van der Waals surface area contributed by atoms with Gasteiger partial charge in [0, 0.05) is 18.8 Å². The van der Waals surface area contributed by atoms with Gasteiger partial charge in [0.05, 0.1) is 30.4 Å². The molecule has 2 aromatic rings. The monoisotopic (exact) mass is 376 g/mol. The Bertz CT molecular complexity index is 844. The van der Waals surface area contributed by atoms with E-state index >= 15 is 0 Å². The molecule has 0 bridgehead atoms. The molecular weight excluding hydrogens is 352 g/mol. The summed E-state index contributed by atoms with van der Waals surface area (Å²) < 4.78 is 38.9. The van der Waals surface area contributed by atoms with Crippen LogP contribution in [0, 0.1) is 6.92 Å². The first kappa shape index (κ1) is 18.5. The van der Waals surface area contributed by atoms with Crippen molar-refractivity contribution >= 4 is 21.4 Å². The van der Waals surface area contributed by atoms with Crippen molar-refractivity contribution in [2.24, 2.45) is 0 Å². The first-order valence-electron chi connectivity index (χ1n) is 8.68. The molecule has 1 fully saturated rings. The third kappa shape index (κ3) is 4.28. The van der Waals surface area contributed by atoms with Gasteiger partial charge in [-0.2, -0.15) is 0 Å². The van der Waals surface area contributed by atoms with Crippen molar-refractivity contribution < 1.29 is 17.9 Å². The predicted octanol–water partition coefficient (Wildman–Crippen LogP) is 3.03. The van der Waals surface area contributed by atoms with E-state index in [0.29, 0.717) is 31.3 Å². The molecule has 1 aliphatic heterocycles. The molecule has 1 aliphatic rings. The molecular formula is C19H24N2O4S. The summed E-state index contributed by atoms with van der Waals surface area (Å²) in [6, 6.07) is 12.2. The normalized spacial score (nSPS) is 14.9. The van der Waals surface area contributed by atoms with E-state index in [1.165, 1.54) is 0 Å². The maximum absolute atomic E-state index is 12.7. The lowest BCUT2D eigenvalue weighted by Crippen LogP contribution is -2.36. The van der Waals surface area contributed by atoms with Crippen LogP contribution in [-0.4, -0.2) is 41.3 Å². The standard InChI is InChI=1S/C19H24N2O4S/c1-3-25-17-6-8-18(9-7-17)26(22,23)20-19-14-16(5-4-15(19)2)21-10-12-24-13-11-21/h4-9,14,20H,3,10-13H2,1-2H3. The van der Waals surface area contributed by atoms with Gasteiger partial charge in [-0.05, 0) is 55.8 Å². The highest BCUT2D eigenvalue weighted by molar-refractivity contribution is 7.92. The number of nitrogens with zero attached hydrogens (tertiary/aromatic N) is 1. The Morgan fingerprint density at radius 3 is 2.46 bits per heavy atom. The second-order valence-corrected chi connectivity index (χ2v) is 7.79. The number of anilines is 2. The molecule has 0 amide bonds. The van der Waals surface area contributed by atoms with E-state index < -0.39 is 10.0 Å². The molecule has 0 unspecified atom stereocenters. The zero-order valence-electron chi connectivity index (χ0n) is 15.1. The van der Waals surface area contributed by atoms with Crippen molar-refractivity contribution in [3.63, 3.8) is 0 Å². The lowest BCUT2D eigenvalue weighted by atomic mass is 10.1. The SMILES string of the molecule is CCOc1ccc(S(=O)(=O)Nc2cc(N3CCOCC3)ccc2C)cc1. The molecule has 1 heterocycles. The highest BCUT2D eigenvalue weighted by Crippen LogP contribution is 2.27. The Kier molecular flexibility index (Phi) is 5.68. The van der Waals surface area contributed by atoms with Crippen LogP contribution >= 0.6 is 0 Å². The second kappa shape index (κ2) is 7.97. The van der Waals surface area contributed by atoms with E-state index in [1.54, 1.807) is 24.3 Å². The molecule has 26 heavy (non-hydrogen) atoms. The van der Waals surface area contributed by atoms with Crippen molar-refractivity contribution in [3.8, 4) is 5.75 Å². The molecule has 1 saturated heterocycles. The summed E-state index contributed by atoms with van der Waals surface area (Å²) >= 11 is 0. The predicted molar refractivity (Wildman–Crippen MR) is 103 cm³/mol. The Hall–Kier alpha value is -2.25. The van der Waals surface area contributed by atoms with Crippen molar-refractivity contribution in [3.05, 3.63) is 48.0 Å². The average Bonchev–Trinajstić information content (AvgIpc) is 2.65. The van der Waals surface area contributed by atoms with Gasteiger partial charge in [0.1, 0.15) is 5.75 Å². The van der Waals surface area contributed by atoms with E-state index in [0.717, 1.165) is 24.3 Å². The summed E-state index contributed by atoms with van der Waals surface area (Å²) in [6.45, 7) is 7.28. The van der Waals surface area contributed by atoms with E-state index in [2.05, 4.69) is 9.62 Å². The number of benzene rings is 2. The molecule has 140 valence electrons. The van der Waals surface area contributed by atoms with Crippen molar-refractivity contribution in [1.29, 1.82) is 0 Å². The average molecular weight is 376 g/mol. The largest absolute Gasteiger partial charge is 0.494 e. The molecule has 6 nitrogen and oxygen atoms in total. The maximum Gasteiger partial charge on any atom is 0.261 e. The van der Waals surface area contributed by atoms with Gasteiger partial charge < -0.3 is 14.4 Å². The third-order valence-electron chi connectivity index (χ3n) is 4.29. The summed E-state index contributed by atoms with van der Waals surface area (Å²) in [5.74, 6) is 0.650. The van der Waals surface area contributed by atoms with Crippen LogP contribution in [0.1, 0.15) is 12.5 Å². The fraction of sp³-hybridized carbons (Fsp3) is 0.368. The molecule has 0 aromatic heterocycles. The number of sulfonamides is 1. The van der Waals surface area contributed by atoms with Crippen LogP contribution in [0.15, 0.2) is 47.4 Å². The Balaban J connectivity index is 1.82. The molecule has 3 rings (SSSR count). The minimum absolute atomic E-state index is 0.206. The van der Waals surface area contributed by atoms with Gasteiger partial charge in [-0.3, -0.25) is 4.72 Å². The summed E-state index contributed by atoms with van der Waals surface area (Å²) in [7, 11) is -3.66. The fourth-order valence-electron chi connectivity index (χ4n) is 2.82. The first-order valence-corrected chi connectivity index (χ1v) is 10.2.